The lowest BCUT2D eigenvalue weighted by Gasteiger charge is -2.02. The maximum absolute atomic E-state index is 11.3. The Hall–Kier alpha value is -1.52. The second kappa shape index (κ2) is 4.87. The number of halogens is 1. The van der Waals surface area contributed by atoms with Gasteiger partial charge < -0.3 is 0 Å². The van der Waals surface area contributed by atoms with Crippen molar-refractivity contribution in [3.63, 3.8) is 0 Å². The van der Waals surface area contributed by atoms with Gasteiger partial charge in [0.1, 0.15) is 0 Å². The van der Waals surface area contributed by atoms with Crippen LogP contribution >= 0.6 is 22.0 Å². The number of thiophene rings is 1. The van der Waals surface area contributed by atoms with Crippen LogP contribution in [-0.2, 0) is 15.6 Å². The highest BCUT2D eigenvalue weighted by Gasteiger charge is 2.24. The molecule has 0 atom stereocenters. The molecule has 0 aliphatic rings. The second-order valence-electron chi connectivity index (χ2n) is 3.38. The Labute approximate surface area is 116 Å². The molecule has 11 heteroatoms. The fraction of sp³-hybridized carbons (Fsp3) is 0.250. The van der Waals surface area contributed by atoms with Crippen LogP contribution in [0, 0.1) is 10.1 Å². The molecule has 0 saturated carbocycles. The predicted molar refractivity (Wildman–Crippen MR) is 68.7 cm³/mol. The molecule has 19 heavy (non-hydrogen) atoms. The Morgan fingerprint density at radius 1 is 1.47 bits per heavy atom. The topological polar surface area (TPSA) is 108 Å². The quantitative estimate of drug-likeness (QED) is 0.483. The number of rotatable bonds is 4. The van der Waals surface area contributed by atoms with Crippen molar-refractivity contribution >= 4 is 36.1 Å². The van der Waals surface area contributed by atoms with Gasteiger partial charge in [0.25, 0.3) is 14.2 Å². The standard InChI is InChI=1S/C8H7ClN4O4S2/c1-2-12-7(10-11-8(12)19(9,16)17)5-3-4-6(18-5)13(14)15/h3-4H,2H2,1H3. The van der Waals surface area contributed by atoms with Crippen molar-refractivity contribution in [3.8, 4) is 10.7 Å². The van der Waals surface area contributed by atoms with Gasteiger partial charge in [-0.15, -0.1) is 10.2 Å². The zero-order valence-electron chi connectivity index (χ0n) is 9.48. The zero-order valence-corrected chi connectivity index (χ0v) is 11.9. The van der Waals surface area contributed by atoms with Crippen molar-refractivity contribution in [2.75, 3.05) is 0 Å². The summed E-state index contributed by atoms with van der Waals surface area (Å²) in [5.74, 6) is 0.236. The molecule has 0 radical (unpaired) electrons. The van der Waals surface area contributed by atoms with E-state index in [9.17, 15) is 18.5 Å². The molecule has 0 spiro atoms. The molecule has 2 rings (SSSR count). The van der Waals surface area contributed by atoms with E-state index in [1.54, 1.807) is 6.92 Å². The molecule has 0 unspecified atom stereocenters. The summed E-state index contributed by atoms with van der Waals surface area (Å²) in [4.78, 5) is 10.5. The maximum Gasteiger partial charge on any atom is 0.324 e. The summed E-state index contributed by atoms with van der Waals surface area (Å²) in [7, 11) is 1.23. The normalized spacial score (nSPS) is 11.7. The number of nitro groups is 1. The van der Waals surface area contributed by atoms with Crippen LogP contribution in [0.2, 0.25) is 0 Å². The lowest BCUT2D eigenvalue weighted by Crippen LogP contribution is -2.05. The first kappa shape index (κ1) is 13.9. The molecule has 2 heterocycles. The van der Waals surface area contributed by atoms with E-state index in [0.717, 1.165) is 11.3 Å². The van der Waals surface area contributed by atoms with Crippen molar-refractivity contribution in [2.45, 2.75) is 18.6 Å². The molecule has 0 aromatic carbocycles. The summed E-state index contributed by atoms with van der Waals surface area (Å²) in [6, 6.07) is 2.81. The van der Waals surface area contributed by atoms with Gasteiger partial charge >= 0.3 is 5.00 Å². The van der Waals surface area contributed by atoms with Crippen molar-refractivity contribution in [3.05, 3.63) is 22.2 Å². The van der Waals surface area contributed by atoms with Crippen LogP contribution in [0.3, 0.4) is 0 Å². The van der Waals surface area contributed by atoms with E-state index in [2.05, 4.69) is 10.2 Å². The summed E-state index contributed by atoms with van der Waals surface area (Å²) in [6.45, 7) is 1.97. The SMILES string of the molecule is CCn1c(-c2ccc([N+](=O)[O-])s2)nnc1S(=O)(=O)Cl. The molecule has 0 saturated heterocycles. The van der Waals surface area contributed by atoms with Crippen molar-refractivity contribution < 1.29 is 13.3 Å². The molecular weight excluding hydrogens is 316 g/mol. The number of hydrogen-bond acceptors (Lipinski definition) is 7. The van der Waals surface area contributed by atoms with Gasteiger partial charge in [-0.2, -0.15) is 0 Å². The van der Waals surface area contributed by atoms with Crippen LogP contribution in [-0.4, -0.2) is 28.1 Å². The molecular formula is C8H7ClN4O4S2. The second-order valence-corrected chi connectivity index (χ2v) is 6.91. The molecule has 2 aromatic rings. The van der Waals surface area contributed by atoms with Crippen molar-refractivity contribution in [2.24, 2.45) is 0 Å². The van der Waals surface area contributed by atoms with Crippen molar-refractivity contribution in [1.29, 1.82) is 0 Å². The molecule has 0 amide bonds. The minimum Gasteiger partial charge on any atom is -0.296 e. The number of hydrogen-bond donors (Lipinski definition) is 0. The van der Waals surface area contributed by atoms with Crippen LogP contribution in [0.15, 0.2) is 17.3 Å². The van der Waals surface area contributed by atoms with Crippen LogP contribution in [0.4, 0.5) is 5.00 Å². The van der Waals surface area contributed by atoms with E-state index in [0.29, 0.717) is 4.88 Å². The summed E-state index contributed by atoms with van der Waals surface area (Å²) in [6.07, 6.45) is 0. The third-order valence-electron chi connectivity index (χ3n) is 2.24. The van der Waals surface area contributed by atoms with E-state index in [1.165, 1.54) is 16.7 Å². The smallest absolute Gasteiger partial charge is 0.296 e. The van der Waals surface area contributed by atoms with Gasteiger partial charge in [0.05, 0.1) is 9.80 Å². The molecule has 8 nitrogen and oxygen atoms in total. The highest BCUT2D eigenvalue weighted by Crippen LogP contribution is 2.32. The Kier molecular flexibility index (Phi) is 3.56. The maximum atomic E-state index is 11.3. The Balaban J connectivity index is 2.57. The monoisotopic (exact) mass is 322 g/mol. The van der Waals surface area contributed by atoms with Crippen LogP contribution in [0.1, 0.15) is 6.92 Å². The Morgan fingerprint density at radius 3 is 2.63 bits per heavy atom. The van der Waals surface area contributed by atoms with E-state index in [4.69, 9.17) is 10.7 Å². The third-order valence-corrected chi connectivity index (χ3v) is 4.43. The Bertz CT molecular complexity index is 736. The van der Waals surface area contributed by atoms with E-state index in [1.807, 2.05) is 0 Å². The third kappa shape index (κ3) is 2.60. The van der Waals surface area contributed by atoms with Crippen molar-refractivity contribution in [1.82, 2.24) is 14.8 Å². The van der Waals surface area contributed by atoms with E-state index >= 15 is 0 Å². The highest BCUT2D eigenvalue weighted by molar-refractivity contribution is 8.13. The zero-order chi connectivity index (χ0) is 14.2. The van der Waals surface area contributed by atoms with Gasteiger partial charge in [-0.05, 0) is 13.0 Å². The van der Waals surface area contributed by atoms with Crippen LogP contribution in [0.5, 0.6) is 0 Å². The first-order valence-corrected chi connectivity index (χ1v) is 8.09. The van der Waals surface area contributed by atoms with Gasteiger partial charge in [-0.25, -0.2) is 8.42 Å². The summed E-state index contributed by atoms with van der Waals surface area (Å²) in [5.41, 5.74) is 0. The molecule has 0 bridgehead atoms. The van der Waals surface area contributed by atoms with Gasteiger partial charge in [0.15, 0.2) is 5.82 Å². The number of nitrogens with zero attached hydrogens (tertiary/aromatic N) is 4. The predicted octanol–water partition coefficient (Wildman–Crippen LogP) is 1.86. The average molecular weight is 323 g/mol. The molecule has 2 aromatic heterocycles. The number of aromatic nitrogens is 3. The van der Waals surface area contributed by atoms with Crippen LogP contribution in [0.25, 0.3) is 10.7 Å². The molecule has 0 aliphatic carbocycles. The van der Waals surface area contributed by atoms with E-state index in [-0.39, 0.29) is 22.5 Å². The van der Waals surface area contributed by atoms with Crippen LogP contribution < -0.4 is 0 Å². The Morgan fingerprint density at radius 2 is 2.16 bits per heavy atom. The van der Waals surface area contributed by atoms with Gasteiger partial charge in [0, 0.05) is 23.3 Å². The minimum atomic E-state index is -4.01. The lowest BCUT2D eigenvalue weighted by atomic mass is 10.4. The molecule has 0 fully saturated rings. The first-order chi connectivity index (χ1) is 8.84. The first-order valence-electron chi connectivity index (χ1n) is 4.97. The molecule has 0 aliphatic heterocycles. The highest BCUT2D eigenvalue weighted by atomic mass is 35.7. The average Bonchev–Trinajstić information content (AvgIpc) is 2.93. The lowest BCUT2D eigenvalue weighted by molar-refractivity contribution is -0.380. The van der Waals surface area contributed by atoms with E-state index < -0.39 is 14.0 Å². The summed E-state index contributed by atoms with van der Waals surface area (Å²) >= 11 is 0.887. The molecule has 0 N–H and O–H groups in total. The molecule has 102 valence electrons. The summed E-state index contributed by atoms with van der Waals surface area (Å²) in [5, 5.41) is 17.4. The van der Waals surface area contributed by atoms with Gasteiger partial charge in [0.2, 0.25) is 0 Å². The largest absolute Gasteiger partial charge is 0.324 e. The summed E-state index contributed by atoms with van der Waals surface area (Å²) < 4.78 is 23.9. The fourth-order valence-corrected chi connectivity index (χ4v) is 3.26. The fourth-order valence-electron chi connectivity index (χ4n) is 1.48. The van der Waals surface area contributed by atoms with Gasteiger partial charge in [-0.3, -0.25) is 14.7 Å². The van der Waals surface area contributed by atoms with Gasteiger partial charge in [-0.1, -0.05) is 11.3 Å². The minimum absolute atomic E-state index is 0.0593.